The highest BCUT2D eigenvalue weighted by Gasteiger charge is 2.24. The number of aliphatic carboxylic acids is 1. The van der Waals surface area contributed by atoms with Gasteiger partial charge < -0.3 is 21.1 Å². The number of carboxylic acids is 1. The van der Waals surface area contributed by atoms with Gasteiger partial charge in [0.1, 0.15) is 6.04 Å². The van der Waals surface area contributed by atoms with Crippen molar-refractivity contribution in [3.63, 3.8) is 0 Å². The zero-order chi connectivity index (χ0) is 22.3. The third-order valence-corrected chi connectivity index (χ3v) is 4.56. The number of hydrogen-bond donors (Lipinski definition) is 5. The van der Waals surface area contributed by atoms with E-state index >= 15 is 0 Å². The van der Waals surface area contributed by atoms with E-state index in [0.29, 0.717) is 11.3 Å². The number of nitrogens with zero attached hydrogens (tertiary/aromatic N) is 1. The van der Waals surface area contributed by atoms with Crippen molar-refractivity contribution >= 4 is 39.4 Å². The van der Waals surface area contributed by atoms with Crippen molar-refractivity contribution in [2.75, 3.05) is 10.6 Å². The van der Waals surface area contributed by atoms with E-state index in [0.717, 1.165) is 12.1 Å². The molecule has 0 aromatic heterocycles. The average molecular weight is 432 g/mol. The zero-order valence-electron chi connectivity index (χ0n) is 15.2. The van der Waals surface area contributed by atoms with Gasteiger partial charge in [-0.3, -0.25) is 14.1 Å². The van der Waals surface area contributed by atoms with Gasteiger partial charge in [-0.25, -0.2) is 4.79 Å². The summed E-state index contributed by atoms with van der Waals surface area (Å²) >= 11 is 0. The van der Waals surface area contributed by atoms with Crippen molar-refractivity contribution in [2.45, 2.75) is 17.4 Å². The fraction of sp³-hybridized carbons (Fsp3) is 0.111. The minimum atomic E-state index is -4.40. The summed E-state index contributed by atoms with van der Waals surface area (Å²) in [5.41, 5.74) is 0.822. The number of benzene rings is 2. The first-order chi connectivity index (χ1) is 14.1. The summed E-state index contributed by atoms with van der Waals surface area (Å²) in [6.07, 6.45) is -0.713. The maximum Gasteiger partial charge on any atom is 0.319 e. The Bertz CT molecular complexity index is 1090. The second-order valence-corrected chi connectivity index (χ2v) is 7.35. The summed E-state index contributed by atoms with van der Waals surface area (Å²) < 4.78 is 31.0. The lowest BCUT2D eigenvalue weighted by atomic mass is 10.2. The molecule has 1 atom stereocenters. The smallest absolute Gasteiger partial charge is 0.319 e. The number of amides is 3. The van der Waals surface area contributed by atoms with Gasteiger partial charge in [-0.1, -0.05) is 0 Å². The summed E-state index contributed by atoms with van der Waals surface area (Å²) in [7, 11) is -4.40. The minimum Gasteiger partial charge on any atom is -0.481 e. The van der Waals surface area contributed by atoms with Gasteiger partial charge >= 0.3 is 12.0 Å². The molecule has 0 bridgehead atoms. The van der Waals surface area contributed by atoms with E-state index in [1.165, 1.54) is 36.4 Å². The molecular formula is C18H16N4O7S. The standard InChI is InChI=1S/C18H16N4O7S/c19-10-11-1-3-13(4-2-11)21-18(26)22-15(9-16(23)24)17(25)20-12-5-7-14(8-6-12)30(27,28)29/h1-8,15H,9H2,(H,20,25)(H,23,24)(H2,21,22,26)(H,27,28,29)/t15-/m0/s1. The third kappa shape index (κ3) is 6.59. The Kier molecular flexibility index (Phi) is 7.08. The van der Waals surface area contributed by atoms with E-state index in [1.807, 2.05) is 6.07 Å². The molecule has 0 aliphatic heterocycles. The maximum absolute atomic E-state index is 12.4. The topological polar surface area (TPSA) is 186 Å². The lowest BCUT2D eigenvalue weighted by molar-refractivity contribution is -0.139. The van der Waals surface area contributed by atoms with Crippen LogP contribution in [0.1, 0.15) is 12.0 Å². The van der Waals surface area contributed by atoms with Crippen LogP contribution in [0.15, 0.2) is 53.4 Å². The summed E-state index contributed by atoms with van der Waals surface area (Å²) in [5, 5.41) is 24.8. The van der Waals surface area contributed by atoms with Gasteiger partial charge in [-0.2, -0.15) is 13.7 Å². The van der Waals surface area contributed by atoms with Gasteiger partial charge in [0.2, 0.25) is 5.91 Å². The van der Waals surface area contributed by atoms with Crippen LogP contribution < -0.4 is 16.0 Å². The largest absolute Gasteiger partial charge is 0.481 e. The lowest BCUT2D eigenvalue weighted by Gasteiger charge is -2.17. The molecule has 30 heavy (non-hydrogen) atoms. The maximum atomic E-state index is 12.4. The Morgan fingerprint density at radius 2 is 1.50 bits per heavy atom. The molecule has 0 radical (unpaired) electrons. The minimum absolute atomic E-state index is 0.122. The molecule has 0 aliphatic rings. The summed E-state index contributed by atoms with van der Waals surface area (Å²) in [6.45, 7) is 0. The molecule has 156 valence electrons. The molecule has 0 heterocycles. The Morgan fingerprint density at radius 3 is 2.00 bits per heavy atom. The van der Waals surface area contributed by atoms with Crippen molar-refractivity contribution in [1.29, 1.82) is 5.26 Å². The SMILES string of the molecule is N#Cc1ccc(NC(=O)N[C@@H](CC(=O)O)C(=O)Nc2ccc(S(=O)(=O)O)cc2)cc1. The van der Waals surface area contributed by atoms with E-state index in [1.54, 1.807) is 0 Å². The van der Waals surface area contributed by atoms with Crippen LogP contribution in [0.25, 0.3) is 0 Å². The van der Waals surface area contributed by atoms with Crippen LogP contribution in [0, 0.1) is 11.3 Å². The van der Waals surface area contributed by atoms with Crippen LogP contribution in [-0.2, 0) is 19.7 Å². The molecular weight excluding hydrogens is 416 g/mol. The second kappa shape index (κ2) is 9.50. The number of anilines is 2. The number of carbonyl (C=O) groups is 3. The number of rotatable bonds is 7. The fourth-order valence-corrected chi connectivity index (χ4v) is 2.76. The lowest BCUT2D eigenvalue weighted by Crippen LogP contribution is -2.46. The normalized spacial score (nSPS) is 11.6. The zero-order valence-corrected chi connectivity index (χ0v) is 16.0. The van der Waals surface area contributed by atoms with Gasteiger partial charge in [-0.05, 0) is 48.5 Å². The molecule has 2 aromatic rings. The molecule has 0 unspecified atom stereocenters. The monoisotopic (exact) mass is 432 g/mol. The van der Waals surface area contributed by atoms with Gasteiger partial charge in [0.25, 0.3) is 10.1 Å². The Morgan fingerprint density at radius 1 is 0.967 bits per heavy atom. The van der Waals surface area contributed by atoms with Crippen LogP contribution in [0.3, 0.4) is 0 Å². The number of urea groups is 1. The molecule has 0 saturated carbocycles. The van der Waals surface area contributed by atoms with Crippen molar-refractivity contribution < 1.29 is 32.5 Å². The molecule has 5 N–H and O–H groups in total. The van der Waals surface area contributed by atoms with Crippen LogP contribution in [0.4, 0.5) is 16.2 Å². The molecule has 0 saturated heterocycles. The van der Waals surface area contributed by atoms with E-state index in [2.05, 4.69) is 16.0 Å². The summed E-state index contributed by atoms with van der Waals surface area (Å²) in [6, 6.07) is 9.95. The first kappa shape index (κ1) is 22.3. The predicted molar refractivity (Wildman–Crippen MR) is 104 cm³/mol. The average Bonchev–Trinajstić information content (AvgIpc) is 2.67. The highest BCUT2D eigenvalue weighted by atomic mass is 32.2. The van der Waals surface area contributed by atoms with Crippen molar-refractivity contribution in [3.05, 3.63) is 54.1 Å². The molecule has 3 amide bonds. The van der Waals surface area contributed by atoms with Gasteiger partial charge in [-0.15, -0.1) is 0 Å². The van der Waals surface area contributed by atoms with Gasteiger partial charge in [0.15, 0.2) is 0 Å². The number of carbonyl (C=O) groups excluding carboxylic acids is 2. The first-order valence-corrected chi connectivity index (χ1v) is 9.70. The van der Waals surface area contributed by atoms with Crippen LogP contribution in [-0.4, -0.2) is 42.0 Å². The molecule has 2 aromatic carbocycles. The van der Waals surface area contributed by atoms with Crippen LogP contribution >= 0.6 is 0 Å². The Hall–Kier alpha value is -3.95. The van der Waals surface area contributed by atoms with Crippen molar-refractivity contribution in [1.82, 2.24) is 5.32 Å². The number of nitrogens with one attached hydrogen (secondary N) is 3. The van der Waals surface area contributed by atoms with Crippen molar-refractivity contribution in [3.8, 4) is 6.07 Å². The quantitative estimate of drug-likeness (QED) is 0.406. The highest BCUT2D eigenvalue weighted by molar-refractivity contribution is 7.85. The van der Waals surface area contributed by atoms with Crippen molar-refractivity contribution in [2.24, 2.45) is 0 Å². The van der Waals surface area contributed by atoms with E-state index in [9.17, 15) is 22.8 Å². The third-order valence-electron chi connectivity index (χ3n) is 3.69. The Balaban J connectivity index is 2.06. The summed E-state index contributed by atoms with van der Waals surface area (Å²) in [5.74, 6) is -2.19. The fourth-order valence-electron chi connectivity index (χ4n) is 2.28. The van der Waals surface area contributed by atoms with E-state index in [-0.39, 0.29) is 10.6 Å². The molecule has 0 fully saturated rings. The molecule has 0 spiro atoms. The molecule has 0 aliphatic carbocycles. The molecule has 11 nitrogen and oxygen atoms in total. The highest BCUT2D eigenvalue weighted by Crippen LogP contribution is 2.14. The molecule has 12 heteroatoms. The predicted octanol–water partition coefficient (Wildman–Crippen LogP) is 1.41. The van der Waals surface area contributed by atoms with Crippen LogP contribution in [0.2, 0.25) is 0 Å². The van der Waals surface area contributed by atoms with Crippen LogP contribution in [0.5, 0.6) is 0 Å². The van der Waals surface area contributed by atoms with Gasteiger partial charge in [0, 0.05) is 11.4 Å². The number of carboxylic acid groups (broad SMARTS) is 1. The van der Waals surface area contributed by atoms with E-state index in [4.69, 9.17) is 14.9 Å². The summed E-state index contributed by atoms with van der Waals surface area (Å²) in [4.78, 5) is 35.2. The number of hydrogen-bond acceptors (Lipinski definition) is 6. The first-order valence-electron chi connectivity index (χ1n) is 8.26. The number of nitriles is 1. The molecule has 2 rings (SSSR count). The van der Waals surface area contributed by atoms with Gasteiger partial charge in [0.05, 0.1) is 22.9 Å². The second-order valence-electron chi connectivity index (χ2n) is 5.93. The van der Waals surface area contributed by atoms with E-state index < -0.39 is 40.5 Å². The Labute approximate surface area is 171 Å².